The fourth-order valence-corrected chi connectivity index (χ4v) is 8.12. The minimum absolute atomic E-state index is 0.468. The Morgan fingerprint density at radius 3 is 1.74 bits per heavy atom. The first kappa shape index (κ1) is 31.2. The molecule has 4 heteroatoms. The maximum atomic E-state index is 5.32. The summed E-state index contributed by atoms with van der Waals surface area (Å²) in [5, 5.41) is 2.25. The number of hydrogen-bond donors (Lipinski definition) is 0. The predicted octanol–water partition coefficient (Wildman–Crippen LogP) is 12.0. The number of fused-ring (bicyclic) bond motifs is 4. The number of pyridine rings is 2. The molecule has 8 aromatic rings. The van der Waals surface area contributed by atoms with Crippen molar-refractivity contribution in [1.29, 1.82) is 0 Å². The van der Waals surface area contributed by atoms with Crippen LogP contribution in [0.15, 0.2) is 158 Å². The molecule has 3 aromatic heterocycles. The van der Waals surface area contributed by atoms with E-state index in [1.165, 1.54) is 27.8 Å². The summed E-state index contributed by atoms with van der Waals surface area (Å²) < 4.78 is 0. The van der Waals surface area contributed by atoms with Crippen LogP contribution in [0.3, 0.4) is 0 Å². The fraction of sp³-hybridized carbons (Fsp3) is 0.102. The molecule has 252 valence electrons. The Balaban J connectivity index is 0.997. The lowest BCUT2D eigenvalue weighted by atomic mass is 9.90. The molecular weight excluding hydrogens is 645 g/mol. The summed E-state index contributed by atoms with van der Waals surface area (Å²) in [5.41, 5.74) is 16.6. The van der Waals surface area contributed by atoms with Crippen molar-refractivity contribution in [3.05, 3.63) is 180 Å². The number of aromatic nitrogens is 4. The van der Waals surface area contributed by atoms with Crippen molar-refractivity contribution in [2.45, 2.75) is 20.3 Å². The summed E-state index contributed by atoms with van der Waals surface area (Å²) >= 11 is 0. The third kappa shape index (κ3) is 5.55. The minimum Gasteiger partial charge on any atom is -0.251 e. The summed E-state index contributed by atoms with van der Waals surface area (Å²) in [6, 6.07) is 51.2. The van der Waals surface area contributed by atoms with Gasteiger partial charge in [0.25, 0.3) is 0 Å². The van der Waals surface area contributed by atoms with Crippen LogP contribution in [0.2, 0.25) is 0 Å². The molecule has 0 saturated heterocycles. The van der Waals surface area contributed by atoms with Gasteiger partial charge in [-0.2, -0.15) is 0 Å². The molecule has 5 aromatic carbocycles. The lowest BCUT2D eigenvalue weighted by Gasteiger charge is -2.16. The van der Waals surface area contributed by atoms with Crippen LogP contribution in [0.1, 0.15) is 28.9 Å². The standard InChI is InChI=1S/C49H36N4/c1-30-28-41(32-12-6-3-7-13-32)40-24-22-36-23-27-44(51-47(36)48(40)50-30)39-26-25-38(42-29-43(39)42)33-18-20-35(21-19-33)46-31(2)45(34-14-8-4-9-15-34)52-49(53-46)37-16-10-5-11-17-37/h3-28,42-43H,29H2,1-2H3. The van der Waals surface area contributed by atoms with E-state index >= 15 is 0 Å². The second-order valence-corrected chi connectivity index (χ2v) is 14.3. The number of hydrogen-bond acceptors (Lipinski definition) is 4. The van der Waals surface area contributed by atoms with Gasteiger partial charge in [0.15, 0.2) is 5.82 Å². The smallest absolute Gasteiger partial charge is 0.160 e. The molecule has 53 heavy (non-hydrogen) atoms. The zero-order valence-corrected chi connectivity index (χ0v) is 29.7. The lowest BCUT2D eigenvalue weighted by molar-refractivity contribution is 1.01. The number of allylic oxidation sites excluding steroid dienone is 4. The van der Waals surface area contributed by atoms with Crippen LogP contribution in [0.4, 0.5) is 0 Å². The van der Waals surface area contributed by atoms with Crippen molar-refractivity contribution in [1.82, 2.24) is 19.9 Å². The van der Waals surface area contributed by atoms with Gasteiger partial charge in [-0.25, -0.2) is 15.0 Å². The highest BCUT2D eigenvalue weighted by molar-refractivity contribution is 6.08. The average molecular weight is 681 g/mol. The van der Waals surface area contributed by atoms with Gasteiger partial charge in [0.2, 0.25) is 0 Å². The van der Waals surface area contributed by atoms with Crippen molar-refractivity contribution < 1.29 is 0 Å². The minimum atomic E-state index is 0.468. The van der Waals surface area contributed by atoms with Crippen molar-refractivity contribution in [3.63, 3.8) is 0 Å². The highest BCUT2D eigenvalue weighted by Gasteiger charge is 2.45. The Morgan fingerprint density at radius 2 is 1.04 bits per heavy atom. The highest BCUT2D eigenvalue weighted by atomic mass is 14.9. The van der Waals surface area contributed by atoms with Crippen LogP contribution in [0, 0.1) is 25.7 Å². The molecule has 2 atom stereocenters. The normalized spacial score (nSPS) is 16.3. The third-order valence-electron chi connectivity index (χ3n) is 10.9. The van der Waals surface area contributed by atoms with Gasteiger partial charge in [0, 0.05) is 38.7 Å². The predicted molar refractivity (Wildman–Crippen MR) is 218 cm³/mol. The quantitative estimate of drug-likeness (QED) is 0.164. The van der Waals surface area contributed by atoms with Crippen LogP contribution in [0.25, 0.3) is 78.0 Å². The Hall–Kier alpha value is -6.52. The largest absolute Gasteiger partial charge is 0.251 e. The first-order valence-corrected chi connectivity index (χ1v) is 18.4. The van der Waals surface area contributed by atoms with Crippen molar-refractivity contribution >= 4 is 33.0 Å². The molecular formula is C49H36N4. The number of rotatable bonds is 6. The molecule has 0 N–H and O–H groups in total. The summed E-state index contributed by atoms with van der Waals surface area (Å²) in [5.74, 6) is 1.70. The topological polar surface area (TPSA) is 51.6 Å². The molecule has 10 rings (SSSR count). The highest BCUT2D eigenvalue weighted by Crippen LogP contribution is 2.57. The van der Waals surface area contributed by atoms with Crippen LogP contribution in [-0.4, -0.2) is 19.9 Å². The van der Waals surface area contributed by atoms with E-state index in [4.69, 9.17) is 19.9 Å². The summed E-state index contributed by atoms with van der Waals surface area (Å²) in [4.78, 5) is 20.5. The molecule has 2 unspecified atom stereocenters. The van der Waals surface area contributed by atoms with Gasteiger partial charge in [-0.05, 0) is 72.1 Å². The van der Waals surface area contributed by atoms with Crippen molar-refractivity contribution in [2.24, 2.45) is 11.8 Å². The molecule has 4 nitrogen and oxygen atoms in total. The van der Waals surface area contributed by atoms with Crippen LogP contribution in [0.5, 0.6) is 0 Å². The zero-order valence-electron chi connectivity index (χ0n) is 29.7. The maximum Gasteiger partial charge on any atom is 0.160 e. The molecule has 2 aliphatic carbocycles. The van der Waals surface area contributed by atoms with Gasteiger partial charge >= 0.3 is 0 Å². The van der Waals surface area contributed by atoms with Gasteiger partial charge in [-0.15, -0.1) is 0 Å². The van der Waals surface area contributed by atoms with Crippen LogP contribution < -0.4 is 0 Å². The monoisotopic (exact) mass is 680 g/mol. The van der Waals surface area contributed by atoms with Gasteiger partial charge in [0.1, 0.15) is 0 Å². The molecule has 0 bridgehead atoms. The molecule has 1 fully saturated rings. The first-order valence-electron chi connectivity index (χ1n) is 18.4. The fourth-order valence-electron chi connectivity index (χ4n) is 8.12. The Kier molecular flexibility index (Phi) is 7.43. The molecule has 3 heterocycles. The van der Waals surface area contributed by atoms with E-state index in [1.54, 1.807) is 0 Å². The Labute approximate surface area is 309 Å². The van der Waals surface area contributed by atoms with Crippen molar-refractivity contribution in [2.75, 3.05) is 0 Å². The second-order valence-electron chi connectivity index (χ2n) is 14.3. The van der Waals surface area contributed by atoms with Crippen LogP contribution >= 0.6 is 0 Å². The SMILES string of the molecule is Cc1cc(-c2ccccc2)c2ccc3ccc(C4=CC=C(c5ccc(-c6nc(-c7ccccc7)nc(-c7ccccc7)c6C)cc5)C5CC45)nc3c2n1. The van der Waals surface area contributed by atoms with E-state index in [1.807, 2.05) is 24.3 Å². The summed E-state index contributed by atoms with van der Waals surface area (Å²) in [6.07, 6.45) is 5.76. The van der Waals surface area contributed by atoms with E-state index in [2.05, 4.69) is 147 Å². The second kappa shape index (κ2) is 12.6. The average Bonchev–Trinajstić information content (AvgIpc) is 4.03. The molecule has 0 aliphatic heterocycles. The van der Waals surface area contributed by atoms with E-state index in [0.717, 1.165) is 79.1 Å². The Morgan fingerprint density at radius 1 is 0.472 bits per heavy atom. The van der Waals surface area contributed by atoms with Crippen LogP contribution in [-0.2, 0) is 0 Å². The Bertz CT molecular complexity index is 2750. The van der Waals surface area contributed by atoms with Crippen molar-refractivity contribution in [3.8, 4) is 45.0 Å². The van der Waals surface area contributed by atoms with Gasteiger partial charge < -0.3 is 0 Å². The van der Waals surface area contributed by atoms with E-state index < -0.39 is 0 Å². The molecule has 0 spiro atoms. The summed E-state index contributed by atoms with van der Waals surface area (Å²) in [7, 11) is 0. The van der Waals surface area contributed by atoms with E-state index in [-0.39, 0.29) is 0 Å². The number of aryl methyl sites for hydroxylation is 1. The van der Waals surface area contributed by atoms with Gasteiger partial charge in [0.05, 0.1) is 28.1 Å². The molecule has 0 amide bonds. The molecule has 1 saturated carbocycles. The van der Waals surface area contributed by atoms with E-state index in [0.29, 0.717) is 11.8 Å². The number of benzene rings is 5. The maximum absolute atomic E-state index is 5.32. The lowest BCUT2D eigenvalue weighted by Crippen LogP contribution is -2.01. The first-order chi connectivity index (χ1) is 26.1. The zero-order chi connectivity index (χ0) is 35.5. The molecule has 0 radical (unpaired) electrons. The van der Waals surface area contributed by atoms with E-state index in [9.17, 15) is 0 Å². The summed E-state index contributed by atoms with van der Waals surface area (Å²) in [6.45, 7) is 4.21. The molecule has 2 aliphatic rings. The third-order valence-corrected chi connectivity index (χ3v) is 10.9. The number of nitrogens with zero attached hydrogens (tertiary/aromatic N) is 4. The van der Waals surface area contributed by atoms with Gasteiger partial charge in [-0.3, -0.25) is 4.98 Å². The van der Waals surface area contributed by atoms with Gasteiger partial charge in [-0.1, -0.05) is 146 Å².